The van der Waals surface area contributed by atoms with Crippen LogP contribution in [0.4, 0.5) is 0 Å². The molecule has 2 atom stereocenters. The molecule has 1 saturated heterocycles. The number of hydrogen-bond donors (Lipinski definition) is 3. The fraction of sp³-hybridized carbons (Fsp3) is 0.545. The molecule has 104 valence electrons. The predicted molar refractivity (Wildman–Crippen MR) is 68.2 cm³/mol. The zero-order chi connectivity index (χ0) is 13.8. The Hall–Kier alpha value is -1.51. The lowest BCUT2D eigenvalue weighted by molar-refractivity contribution is -0.134. The summed E-state index contributed by atoms with van der Waals surface area (Å²) in [6.07, 6.45) is -0.505. The zero-order valence-corrected chi connectivity index (χ0v) is 11.2. The number of rotatable bonds is 4. The molecule has 0 saturated carbocycles. The SMILES string of the molecule is CC(NC(=O)C1CNCCO1)c1nc(C(=O)O)cs1. The molecule has 1 fully saturated rings. The van der Waals surface area contributed by atoms with Gasteiger partial charge in [-0.3, -0.25) is 4.79 Å². The zero-order valence-electron chi connectivity index (χ0n) is 10.4. The Morgan fingerprint density at radius 2 is 2.47 bits per heavy atom. The fourth-order valence-corrected chi connectivity index (χ4v) is 2.49. The number of carbonyl (C=O) groups is 2. The lowest BCUT2D eigenvalue weighted by Gasteiger charge is -2.24. The van der Waals surface area contributed by atoms with Crippen molar-refractivity contribution in [2.75, 3.05) is 19.7 Å². The van der Waals surface area contributed by atoms with Gasteiger partial charge in [0.25, 0.3) is 5.91 Å². The standard InChI is InChI=1S/C11H15N3O4S/c1-6(10-14-7(5-19-10)11(16)17)13-9(15)8-4-12-2-3-18-8/h5-6,8,12H,2-4H2,1H3,(H,13,15)(H,16,17). The molecular formula is C11H15N3O4S. The highest BCUT2D eigenvalue weighted by atomic mass is 32.1. The molecule has 2 unspecified atom stereocenters. The van der Waals surface area contributed by atoms with Crippen molar-refractivity contribution in [3.05, 3.63) is 16.1 Å². The van der Waals surface area contributed by atoms with Crippen LogP contribution in [0, 0.1) is 0 Å². The van der Waals surface area contributed by atoms with E-state index >= 15 is 0 Å². The van der Waals surface area contributed by atoms with Gasteiger partial charge >= 0.3 is 5.97 Å². The first-order valence-corrected chi connectivity index (χ1v) is 6.77. The summed E-state index contributed by atoms with van der Waals surface area (Å²) in [7, 11) is 0. The Morgan fingerprint density at radius 3 is 3.05 bits per heavy atom. The van der Waals surface area contributed by atoms with Crippen molar-refractivity contribution in [2.45, 2.75) is 19.1 Å². The quantitative estimate of drug-likeness (QED) is 0.720. The number of morpholine rings is 1. The van der Waals surface area contributed by atoms with Gasteiger partial charge < -0.3 is 20.5 Å². The van der Waals surface area contributed by atoms with Crippen LogP contribution in [0.25, 0.3) is 0 Å². The molecule has 0 aromatic carbocycles. The second-order valence-corrected chi connectivity index (χ2v) is 5.06. The number of thiazole rings is 1. The van der Waals surface area contributed by atoms with Crippen molar-refractivity contribution in [3.63, 3.8) is 0 Å². The van der Waals surface area contributed by atoms with Crippen LogP contribution < -0.4 is 10.6 Å². The molecule has 3 N–H and O–H groups in total. The topological polar surface area (TPSA) is 101 Å². The van der Waals surface area contributed by atoms with Gasteiger partial charge in [0.1, 0.15) is 11.1 Å². The number of carbonyl (C=O) groups excluding carboxylic acids is 1. The van der Waals surface area contributed by atoms with E-state index in [1.807, 2.05) is 0 Å². The summed E-state index contributed by atoms with van der Waals surface area (Å²) in [5.41, 5.74) is -0.00307. The largest absolute Gasteiger partial charge is 0.476 e. The molecule has 0 radical (unpaired) electrons. The van der Waals surface area contributed by atoms with Gasteiger partial charge in [-0.25, -0.2) is 9.78 Å². The second kappa shape index (κ2) is 6.09. The van der Waals surface area contributed by atoms with Crippen molar-refractivity contribution in [1.29, 1.82) is 0 Å². The molecule has 2 heterocycles. The lowest BCUT2D eigenvalue weighted by atomic mass is 10.2. The first-order chi connectivity index (χ1) is 9.08. The van der Waals surface area contributed by atoms with Crippen LogP contribution >= 0.6 is 11.3 Å². The summed E-state index contributed by atoms with van der Waals surface area (Å²) in [6, 6.07) is -0.337. The van der Waals surface area contributed by atoms with E-state index in [1.165, 1.54) is 16.7 Å². The van der Waals surface area contributed by atoms with E-state index in [1.54, 1.807) is 6.92 Å². The molecule has 19 heavy (non-hydrogen) atoms. The maximum atomic E-state index is 11.9. The van der Waals surface area contributed by atoms with Crippen molar-refractivity contribution in [2.24, 2.45) is 0 Å². The lowest BCUT2D eigenvalue weighted by Crippen LogP contribution is -2.48. The maximum absolute atomic E-state index is 11.9. The minimum absolute atomic E-state index is 0.00307. The molecule has 1 aliphatic heterocycles. The Balaban J connectivity index is 1.93. The van der Waals surface area contributed by atoms with Crippen molar-refractivity contribution in [1.82, 2.24) is 15.6 Å². The maximum Gasteiger partial charge on any atom is 0.355 e. The van der Waals surface area contributed by atoms with E-state index in [9.17, 15) is 9.59 Å². The number of nitrogens with one attached hydrogen (secondary N) is 2. The highest BCUT2D eigenvalue weighted by Crippen LogP contribution is 2.18. The van der Waals surface area contributed by atoms with Crippen LogP contribution in [0.5, 0.6) is 0 Å². The predicted octanol–water partition coefficient (Wildman–Crippen LogP) is 0.00690. The first kappa shape index (κ1) is 13.9. The highest BCUT2D eigenvalue weighted by Gasteiger charge is 2.24. The third kappa shape index (κ3) is 3.49. The van der Waals surface area contributed by atoms with E-state index in [0.717, 1.165) is 6.54 Å². The van der Waals surface area contributed by atoms with Gasteiger partial charge in [0, 0.05) is 18.5 Å². The summed E-state index contributed by atoms with van der Waals surface area (Å²) >= 11 is 1.21. The van der Waals surface area contributed by atoms with Crippen LogP contribution in [0.1, 0.15) is 28.5 Å². The van der Waals surface area contributed by atoms with Crippen molar-refractivity contribution >= 4 is 23.2 Å². The molecule has 0 bridgehead atoms. The summed E-state index contributed by atoms with van der Waals surface area (Å²) in [5.74, 6) is -1.28. The molecule has 1 aromatic heterocycles. The number of carboxylic acid groups (broad SMARTS) is 1. The average Bonchev–Trinajstić information content (AvgIpc) is 2.89. The molecular weight excluding hydrogens is 270 g/mol. The van der Waals surface area contributed by atoms with Crippen molar-refractivity contribution in [3.8, 4) is 0 Å². The monoisotopic (exact) mass is 285 g/mol. The fourth-order valence-electron chi connectivity index (χ4n) is 1.69. The number of nitrogens with zero attached hydrogens (tertiary/aromatic N) is 1. The minimum Gasteiger partial charge on any atom is -0.476 e. The third-order valence-corrected chi connectivity index (χ3v) is 3.72. The second-order valence-electron chi connectivity index (χ2n) is 4.17. The van der Waals surface area contributed by atoms with Gasteiger partial charge in [0.05, 0.1) is 12.6 Å². The Morgan fingerprint density at radius 1 is 1.68 bits per heavy atom. The van der Waals surface area contributed by atoms with Gasteiger partial charge in [-0.2, -0.15) is 0 Å². The molecule has 8 heteroatoms. The summed E-state index contributed by atoms with van der Waals surface area (Å²) in [5, 5.41) is 16.7. The number of carboxylic acids is 1. The Labute approximate surface area is 114 Å². The molecule has 2 rings (SSSR count). The normalized spacial score (nSPS) is 20.8. The summed E-state index contributed by atoms with van der Waals surface area (Å²) in [4.78, 5) is 26.6. The smallest absolute Gasteiger partial charge is 0.355 e. The number of amides is 1. The molecule has 0 spiro atoms. The molecule has 1 amide bonds. The van der Waals surface area contributed by atoms with E-state index < -0.39 is 12.1 Å². The van der Waals surface area contributed by atoms with Gasteiger partial charge in [-0.05, 0) is 6.92 Å². The van der Waals surface area contributed by atoms with Crippen LogP contribution in [-0.4, -0.2) is 47.8 Å². The highest BCUT2D eigenvalue weighted by molar-refractivity contribution is 7.09. The van der Waals surface area contributed by atoms with Gasteiger partial charge in [-0.1, -0.05) is 0 Å². The van der Waals surface area contributed by atoms with Crippen LogP contribution in [0.2, 0.25) is 0 Å². The molecule has 7 nitrogen and oxygen atoms in total. The van der Waals surface area contributed by atoms with E-state index in [2.05, 4.69) is 15.6 Å². The number of ether oxygens (including phenoxy) is 1. The van der Waals surface area contributed by atoms with Gasteiger partial charge in [-0.15, -0.1) is 11.3 Å². The summed E-state index contributed by atoms with van der Waals surface area (Å²) in [6.45, 7) is 3.50. The van der Waals surface area contributed by atoms with E-state index in [4.69, 9.17) is 9.84 Å². The number of aromatic nitrogens is 1. The van der Waals surface area contributed by atoms with Crippen LogP contribution in [-0.2, 0) is 9.53 Å². The number of hydrogen-bond acceptors (Lipinski definition) is 6. The number of aromatic carboxylic acids is 1. The molecule has 1 aromatic rings. The third-order valence-electron chi connectivity index (χ3n) is 2.69. The van der Waals surface area contributed by atoms with Crippen molar-refractivity contribution < 1.29 is 19.4 Å². The molecule has 0 aliphatic carbocycles. The first-order valence-electron chi connectivity index (χ1n) is 5.89. The van der Waals surface area contributed by atoms with E-state index in [0.29, 0.717) is 18.2 Å². The average molecular weight is 285 g/mol. The van der Waals surface area contributed by atoms with Gasteiger partial charge in [0.15, 0.2) is 5.69 Å². The molecule has 1 aliphatic rings. The minimum atomic E-state index is -1.07. The van der Waals surface area contributed by atoms with Crippen LogP contribution in [0.3, 0.4) is 0 Å². The Bertz CT molecular complexity index is 470. The Kier molecular flexibility index (Phi) is 4.46. The van der Waals surface area contributed by atoms with Crippen LogP contribution in [0.15, 0.2) is 5.38 Å². The van der Waals surface area contributed by atoms with Gasteiger partial charge in [0.2, 0.25) is 0 Å². The van der Waals surface area contributed by atoms with E-state index in [-0.39, 0.29) is 17.6 Å². The summed E-state index contributed by atoms with van der Waals surface area (Å²) < 4.78 is 5.33.